The highest BCUT2D eigenvalue weighted by Gasteiger charge is 2.40. The second-order valence-electron chi connectivity index (χ2n) is 10.0. The van der Waals surface area contributed by atoms with Gasteiger partial charge >= 0.3 is 0 Å². The third-order valence-corrected chi connectivity index (χ3v) is 7.73. The van der Waals surface area contributed by atoms with Crippen LogP contribution in [-0.4, -0.2) is 24.0 Å². The summed E-state index contributed by atoms with van der Waals surface area (Å²) in [7, 11) is 0. The molecule has 0 aromatic heterocycles. The van der Waals surface area contributed by atoms with Crippen molar-refractivity contribution in [2.75, 3.05) is 0 Å². The van der Waals surface area contributed by atoms with Crippen LogP contribution in [0.15, 0.2) is 107 Å². The monoisotopic (exact) mass is 484 g/mol. The lowest BCUT2D eigenvalue weighted by Crippen LogP contribution is -2.13. The van der Waals surface area contributed by atoms with Crippen molar-refractivity contribution in [1.29, 1.82) is 0 Å². The van der Waals surface area contributed by atoms with Gasteiger partial charge in [0.15, 0.2) is 0 Å². The summed E-state index contributed by atoms with van der Waals surface area (Å²) in [6.45, 7) is 0. The quantitative estimate of drug-likeness (QED) is 0.338. The molecule has 5 heteroatoms. The van der Waals surface area contributed by atoms with Gasteiger partial charge in [-0.25, -0.2) is 9.98 Å². The first-order valence-electron chi connectivity index (χ1n) is 12.8. The molecule has 0 fully saturated rings. The molecule has 8 rings (SSSR count). The van der Waals surface area contributed by atoms with Gasteiger partial charge < -0.3 is 14.2 Å². The molecule has 2 aliphatic carbocycles. The second-order valence-corrected chi connectivity index (χ2v) is 10.0. The maximum atomic E-state index is 6.27. The van der Waals surface area contributed by atoms with Gasteiger partial charge in [0.1, 0.15) is 35.8 Å². The summed E-state index contributed by atoms with van der Waals surface area (Å²) < 4.78 is 18.8. The van der Waals surface area contributed by atoms with Crippen LogP contribution in [0.4, 0.5) is 0 Å². The second kappa shape index (κ2) is 8.07. The average molecular weight is 485 g/mol. The van der Waals surface area contributed by atoms with Crippen LogP contribution in [0, 0.1) is 0 Å². The van der Waals surface area contributed by atoms with E-state index in [1.54, 1.807) is 0 Å². The molecule has 0 saturated heterocycles. The molecule has 4 aliphatic rings. The van der Waals surface area contributed by atoms with Crippen molar-refractivity contribution in [1.82, 2.24) is 0 Å². The highest BCUT2D eigenvalue weighted by Crippen LogP contribution is 2.42. The number of benzene rings is 4. The van der Waals surface area contributed by atoms with Gasteiger partial charge in [0.05, 0.1) is 0 Å². The Hall–Kier alpha value is -4.38. The molecule has 0 radical (unpaired) electrons. The summed E-state index contributed by atoms with van der Waals surface area (Å²) in [5.74, 6) is 2.84. The van der Waals surface area contributed by atoms with Crippen molar-refractivity contribution < 1.29 is 14.2 Å². The van der Waals surface area contributed by atoms with E-state index in [0.29, 0.717) is 11.8 Å². The fraction of sp³-hybridized carbons (Fsp3) is 0.188. The first kappa shape index (κ1) is 20.8. The number of ether oxygens (including phenoxy) is 3. The third kappa shape index (κ3) is 3.45. The standard InChI is InChI=1S/C32H24N2O3/c1-3-13-25-19(7-1)17-27-29(25)33-31(36-27)21-9-5-11-23(15-21)35-24-12-6-10-22(16-24)32-34-30-26-14-4-2-8-20(26)18-28(30)37-32/h1-16,27-30H,17-18H2. The fourth-order valence-corrected chi connectivity index (χ4v) is 6.00. The van der Waals surface area contributed by atoms with Crippen molar-refractivity contribution in [3.05, 3.63) is 130 Å². The van der Waals surface area contributed by atoms with Crippen LogP contribution < -0.4 is 4.74 Å². The fourth-order valence-electron chi connectivity index (χ4n) is 6.00. The van der Waals surface area contributed by atoms with Crippen molar-refractivity contribution in [2.45, 2.75) is 37.1 Å². The van der Waals surface area contributed by atoms with Crippen LogP contribution in [0.3, 0.4) is 0 Å². The van der Waals surface area contributed by atoms with E-state index >= 15 is 0 Å². The molecule has 180 valence electrons. The van der Waals surface area contributed by atoms with E-state index in [-0.39, 0.29) is 24.3 Å². The highest BCUT2D eigenvalue weighted by molar-refractivity contribution is 5.97. The minimum atomic E-state index is 0.0751. The first-order chi connectivity index (χ1) is 18.3. The Balaban J connectivity index is 1.03. The van der Waals surface area contributed by atoms with Crippen molar-refractivity contribution >= 4 is 11.8 Å². The summed E-state index contributed by atoms with van der Waals surface area (Å²) in [5.41, 5.74) is 7.07. The topological polar surface area (TPSA) is 52.4 Å². The normalized spacial score (nSPS) is 24.2. The Morgan fingerprint density at radius 3 is 1.57 bits per heavy atom. The molecule has 4 atom stereocenters. The lowest BCUT2D eigenvalue weighted by Gasteiger charge is -2.12. The van der Waals surface area contributed by atoms with Gasteiger partial charge in [0, 0.05) is 24.0 Å². The van der Waals surface area contributed by atoms with Crippen LogP contribution >= 0.6 is 0 Å². The summed E-state index contributed by atoms with van der Waals surface area (Å²) in [5, 5.41) is 0. The maximum absolute atomic E-state index is 6.27. The Bertz CT molecular complexity index is 1490. The molecule has 4 aromatic rings. The molecular weight excluding hydrogens is 460 g/mol. The average Bonchev–Trinajstić information content (AvgIpc) is 3.68. The molecule has 0 N–H and O–H groups in total. The van der Waals surface area contributed by atoms with Crippen molar-refractivity contribution in [3.63, 3.8) is 0 Å². The molecule has 0 amide bonds. The summed E-state index contributed by atoms with van der Waals surface area (Å²) >= 11 is 0. The molecular formula is C32H24N2O3. The number of nitrogens with zero attached hydrogens (tertiary/aromatic N) is 2. The molecule has 4 aromatic carbocycles. The Morgan fingerprint density at radius 1 is 0.568 bits per heavy atom. The van der Waals surface area contributed by atoms with Gasteiger partial charge in [-0.05, 0) is 58.7 Å². The number of hydrogen-bond acceptors (Lipinski definition) is 5. The Kier molecular flexibility index (Phi) is 4.53. The zero-order chi connectivity index (χ0) is 24.3. The van der Waals surface area contributed by atoms with E-state index in [2.05, 4.69) is 48.5 Å². The van der Waals surface area contributed by atoms with E-state index in [4.69, 9.17) is 24.2 Å². The van der Waals surface area contributed by atoms with Gasteiger partial charge in [-0.2, -0.15) is 0 Å². The van der Waals surface area contributed by atoms with Gasteiger partial charge in [-0.1, -0.05) is 60.7 Å². The van der Waals surface area contributed by atoms with Crippen molar-refractivity contribution in [3.8, 4) is 11.5 Å². The number of fused-ring (bicyclic) bond motifs is 6. The van der Waals surface area contributed by atoms with Crippen LogP contribution in [0.1, 0.15) is 45.5 Å². The SMILES string of the molecule is c1cc(Oc2cccc(C3=NC4c5ccccc5CC4O3)c2)cc(C2=NC3c4ccccc4CC3O2)c1. The van der Waals surface area contributed by atoms with E-state index in [1.807, 2.05) is 48.5 Å². The van der Waals surface area contributed by atoms with Crippen LogP contribution in [0.2, 0.25) is 0 Å². The van der Waals surface area contributed by atoms with Gasteiger partial charge in [-0.15, -0.1) is 0 Å². The largest absolute Gasteiger partial charge is 0.471 e. The molecule has 2 aliphatic heterocycles. The lowest BCUT2D eigenvalue weighted by molar-refractivity contribution is 0.206. The Morgan fingerprint density at radius 2 is 1.05 bits per heavy atom. The number of rotatable bonds is 4. The van der Waals surface area contributed by atoms with Crippen LogP contribution in [-0.2, 0) is 22.3 Å². The van der Waals surface area contributed by atoms with Gasteiger partial charge in [0.2, 0.25) is 11.8 Å². The minimum Gasteiger partial charge on any atom is -0.471 e. The van der Waals surface area contributed by atoms with Gasteiger partial charge in [-0.3, -0.25) is 0 Å². The molecule has 4 unspecified atom stereocenters. The maximum Gasteiger partial charge on any atom is 0.217 e. The molecule has 0 bridgehead atoms. The van der Waals surface area contributed by atoms with Crippen LogP contribution in [0.25, 0.3) is 0 Å². The molecule has 5 nitrogen and oxygen atoms in total. The van der Waals surface area contributed by atoms with E-state index in [9.17, 15) is 0 Å². The van der Waals surface area contributed by atoms with E-state index in [0.717, 1.165) is 35.5 Å². The predicted octanol–water partition coefficient (Wildman–Crippen LogP) is 6.36. The highest BCUT2D eigenvalue weighted by atomic mass is 16.5. The predicted molar refractivity (Wildman–Crippen MR) is 142 cm³/mol. The number of hydrogen-bond donors (Lipinski definition) is 0. The van der Waals surface area contributed by atoms with E-state index in [1.165, 1.54) is 22.3 Å². The smallest absolute Gasteiger partial charge is 0.217 e. The third-order valence-electron chi connectivity index (χ3n) is 7.73. The Labute approximate surface area is 215 Å². The molecule has 37 heavy (non-hydrogen) atoms. The van der Waals surface area contributed by atoms with Gasteiger partial charge in [0.25, 0.3) is 0 Å². The molecule has 2 heterocycles. The minimum absolute atomic E-state index is 0.0751. The summed E-state index contributed by atoms with van der Waals surface area (Å²) in [4.78, 5) is 9.85. The summed E-state index contributed by atoms with van der Waals surface area (Å²) in [6, 6.07) is 33.0. The molecule has 0 spiro atoms. The van der Waals surface area contributed by atoms with E-state index < -0.39 is 0 Å². The lowest BCUT2D eigenvalue weighted by atomic mass is 10.1. The first-order valence-corrected chi connectivity index (χ1v) is 12.8. The number of aliphatic imine (C=N–C) groups is 2. The van der Waals surface area contributed by atoms with Crippen molar-refractivity contribution in [2.24, 2.45) is 9.98 Å². The summed E-state index contributed by atoms with van der Waals surface area (Å²) in [6.07, 6.45) is 1.95. The molecule has 0 saturated carbocycles. The van der Waals surface area contributed by atoms with Crippen LogP contribution in [0.5, 0.6) is 11.5 Å². The zero-order valence-corrected chi connectivity index (χ0v) is 20.1. The zero-order valence-electron chi connectivity index (χ0n) is 20.1.